The van der Waals surface area contributed by atoms with Gasteiger partial charge in [0.1, 0.15) is 11.4 Å². The molecule has 1 aromatic heterocycles. The van der Waals surface area contributed by atoms with E-state index in [4.69, 9.17) is 4.74 Å². The molecular formula is C19H26N4O2. The fraction of sp³-hybridized carbons (Fsp3) is 0.474. The van der Waals surface area contributed by atoms with Crippen LogP contribution in [0.4, 0.5) is 0 Å². The molecule has 6 heteroatoms. The monoisotopic (exact) mass is 342 g/mol. The molecule has 1 fully saturated rings. The van der Waals surface area contributed by atoms with Gasteiger partial charge in [-0.3, -0.25) is 9.69 Å². The lowest BCUT2D eigenvalue weighted by Crippen LogP contribution is -2.50. The lowest BCUT2D eigenvalue weighted by molar-refractivity contribution is 0.0589. The topological polar surface area (TPSA) is 50.6 Å². The lowest BCUT2D eigenvalue weighted by atomic mass is 10.2. The minimum absolute atomic E-state index is 0.00576. The van der Waals surface area contributed by atoms with Crippen LogP contribution in [-0.4, -0.2) is 64.8 Å². The highest BCUT2D eigenvalue weighted by Crippen LogP contribution is 2.23. The minimum Gasteiger partial charge on any atom is -0.494 e. The number of rotatable bonds is 4. The molecule has 1 aliphatic rings. The fourth-order valence-corrected chi connectivity index (χ4v) is 3.15. The third kappa shape index (κ3) is 3.69. The van der Waals surface area contributed by atoms with E-state index in [9.17, 15) is 4.79 Å². The summed E-state index contributed by atoms with van der Waals surface area (Å²) >= 11 is 0. The van der Waals surface area contributed by atoms with Crippen molar-refractivity contribution in [2.75, 3.05) is 33.3 Å². The third-order valence-corrected chi connectivity index (χ3v) is 4.72. The number of methoxy groups -OCH3 is 1. The van der Waals surface area contributed by atoms with Gasteiger partial charge in [-0.1, -0.05) is 6.07 Å². The Balaban J connectivity index is 1.76. The predicted octanol–water partition coefficient (Wildman–Crippen LogP) is 2.36. The standard InChI is InChI=1S/C19H26N4O2/c1-14(2)21-9-11-22(12-10-21)19(24)16-7-8-23(20-16)17-13-15(3)5-6-18(17)25-4/h5-8,13-14H,9-12H2,1-4H3. The Kier molecular flexibility index (Phi) is 5.08. The van der Waals surface area contributed by atoms with Crippen LogP contribution in [0.25, 0.3) is 5.69 Å². The molecule has 1 amide bonds. The molecule has 0 spiro atoms. The number of carbonyl (C=O) groups is 1. The number of amides is 1. The number of piperazine rings is 1. The van der Waals surface area contributed by atoms with Crippen LogP contribution in [0.2, 0.25) is 0 Å². The van der Waals surface area contributed by atoms with Crippen molar-refractivity contribution in [1.29, 1.82) is 0 Å². The van der Waals surface area contributed by atoms with Gasteiger partial charge in [-0.05, 0) is 44.5 Å². The SMILES string of the molecule is COc1ccc(C)cc1-n1ccc(C(=O)N2CCN(C(C)C)CC2)n1. The summed E-state index contributed by atoms with van der Waals surface area (Å²) in [6.45, 7) is 9.72. The number of carbonyl (C=O) groups excluding carboxylic acids is 1. The molecule has 0 atom stereocenters. The van der Waals surface area contributed by atoms with Gasteiger partial charge in [0.05, 0.1) is 7.11 Å². The highest BCUT2D eigenvalue weighted by Gasteiger charge is 2.24. The Hall–Kier alpha value is -2.34. The summed E-state index contributed by atoms with van der Waals surface area (Å²) in [6, 6.07) is 8.20. The molecule has 6 nitrogen and oxygen atoms in total. The van der Waals surface area contributed by atoms with E-state index in [1.807, 2.05) is 36.2 Å². The molecule has 2 heterocycles. The molecule has 0 saturated carbocycles. The summed E-state index contributed by atoms with van der Waals surface area (Å²) in [6.07, 6.45) is 1.81. The van der Waals surface area contributed by atoms with Crippen molar-refractivity contribution in [3.63, 3.8) is 0 Å². The molecule has 1 saturated heterocycles. The molecule has 1 aliphatic heterocycles. The first-order valence-electron chi connectivity index (χ1n) is 8.73. The first-order chi connectivity index (χ1) is 12.0. The van der Waals surface area contributed by atoms with E-state index in [0.29, 0.717) is 11.7 Å². The van der Waals surface area contributed by atoms with Crippen LogP contribution in [0.15, 0.2) is 30.5 Å². The Morgan fingerprint density at radius 1 is 1.16 bits per heavy atom. The summed E-state index contributed by atoms with van der Waals surface area (Å²) < 4.78 is 7.13. The smallest absolute Gasteiger partial charge is 0.274 e. The lowest BCUT2D eigenvalue weighted by Gasteiger charge is -2.36. The summed E-state index contributed by atoms with van der Waals surface area (Å²) in [5.41, 5.74) is 2.43. The van der Waals surface area contributed by atoms with Gasteiger partial charge in [0.15, 0.2) is 5.69 Å². The van der Waals surface area contributed by atoms with Gasteiger partial charge in [0, 0.05) is 38.4 Å². The van der Waals surface area contributed by atoms with Crippen molar-refractivity contribution in [2.45, 2.75) is 26.8 Å². The second-order valence-corrected chi connectivity index (χ2v) is 6.74. The van der Waals surface area contributed by atoms with E-state index in [-0.39, 0.29) is 5.91 Å². The van der Waals surface area contributed by atoms with Gasteiger partial charge >= 0.3 is 0 Å². The molecule has 1 aromatic carbocycles. The van der Waals surface area contributed by atoms with E-state index < -0.39 is 0 Å². The fourth-order valence-electron chi connectivity index (χ4n) is 3.15. The van der Waals surface area contributed by atoms with Crippen molar-refractivity contribution in [3.8, 4) is 11.4 Å². The molecule has 134 valence electrons. The van der Waals surface area contributed by atoms with Crippen molar-refractivity contribution in [2.24, 2.45) is 0 Å². The number of hydrogen-bond donors (Lipinski definition) is 0. The van der Waals surface area contributed by atoms with Crippen molar-refractivity contribution in [1.82, 2.24) is 19.6 Å². The van der Waals surface area contributed by atoms with Crippen LogP contribution in [0, 0.1) is 6.92 Å². The number of aryl methyl sites for hydroxylation is 1. The highest BCUT2D eigenvalue weighted by atomic mass is 16.5. The van der Waals surface area contributed by atoms with Gasteiger partial charge in [-0.15, -0.1) is 0 Å². The van der Waals surface area contributed by atoms with Crippen molar-refractivity contribution >= 4 is 5.91 Å². The molecule has 0 radical (unpaired) electrons. The summed E-state index contributed by atoms with van der Waals surface area (Å²) in [5, 5.41) is 4.49. The quantitative estimate of drug-likeness (QED) is 0.856. The van der Waals surface area contributed by atoms with Crippen LogP contribution < -0.4 is 4.74 Å². The van der Waals surface area contributed by atoms with Gasteiger partial charge in [0.25, 0.3) is 5.91 Å². The van der Waals surface area contributed by atoms with E-state index in [2.05, 4.69) is 23.8 Å². The first-order valence-corrected chi connectivity index (χ1v) is 8.73. The largest absolute Gasteiger partial charge is 0.494 e. The molecule has 25 heavy (non-hydrogen) atoms. The van der Waals surface area contributed by atoms with Crippen LogP contribution in [0.3, 0.4) is 0 Å². The summed E-state index contributed by atoms with van der Waals surface area (Å²) in [7, 11) is 1.64. The Morgan fingerprint density at radius 2 is 1.88 bits per heavy atom. The van der Waals surface area contributed by atoms with E-state index in [1.165, 1.54) is 0 Å². The Morgan fingerprint density at radius 3 is 2.52 bits per heavy atom. The summed E-state index contributed by atoms with van der Waals surface area (Å²) in [4.78, 5) is 17.0. The Labute approximate surface area is 149 Å². The Bertz CT molecular complexity index is 746. The van der Waals surface area contributed by atoms with E-state index in [1.54, 1.807) is 17.9 Å². The minimum atomic E-state index is -0.00576. The predicted molar refractivity (Wildman–Crippen MR) is 97.5 cm³/mol. The van der Waals surface area contributed by atoms with Gasteiger partial charge in [0.2, 0.25) is 0 Å². The van der Waals surface area contributed by atoms with Gasteiger partial charge in [-0.2, -0.15) is 5.10 Å². The molecular weight excluding hydrogens is 316 g/mol. The molecule has 0 N–H and O–H groups in total. The van der Waals surface area contributed by atoms with Crippen LogP contribution in [-0.2, 0) is 0 Å². The number of hydrogen-bond acceptors (Lipinski definition) is 4. The summed E-state index contributed by atoms with van der Waals surface area (Å²) in [5.74, 6) is 0.729. The molecule has 3 rings (SSSR count). The average molecular weight is 342 g/mol. The van der Waals surface area contributed by atoms with Crippen molar-refractivity contribution < 1.29 is 9.53 Å². The molecule has 2 aromatic rings. The molecule has 0 bridgehead atoms. The van der Waals surface area contributed by atoms with Crippen LogP contribution >= 0.6 is 0 Å². The molecule has 0 unspecified atom stereocenters. The number of ether oxygens (including phenoxy) is 1. The number of benzene rings is 1. The maximum Gasteiger partial charge on any atom is 0.274 e. The van der Waals surface area contributed by atoms with Crippen LogP contribution in [0.1, 0.15) is 29.9 Å². The third-order valence-electron chi connectivity index (χ3n) is 4.72. The zero-order chi connectivity index (χ0) is 18.0. The number of aromatic nitrogens is 2. The van der Waals surface area contributed by atoms with Gasteiger partial charge in [-0.25, -0.2) is 4.68 Å². The van der Waals surface area contributed by atoms with Crippen molar-refractivity contribution in [3.05, 3.63) is 41.7 Å². The normalized spacial score (nSPS) is 15.6. The zero-order valence-corrected chi connectivity index (χ0v) is 15.4. The van der Waals surface area contributed by atoms with Crippen LogP contribution in [0.5, 0.6) is 5.75 Å². The van der Waals surface area contributed by atoms with E-state index in [0.717, 1.165) is 43.2 Å². The highest BCUT2D eigenvalue weighted by molar-refractivity contribution is 5.92. The molecule has 0 aliphatic carbocycles. The zero-order valence-electron chi connectivity index (χ0n) is 15.4. The van der Waals surface area contributed by atoms with E-state index >= 15 is 0 Å². The average Bonchev–Trinajstić information content (AvgIpc) is 3.11. The first kappa shape index (κ1) is 17.5. The van der Waals surface area contributed by atoms with Gasteiger partial charge < -0.3 is 9.64 Å². The second-order valence-electron chi connectivity index (χ2n) is 6.74. The maximum absolute atomic E-state index is 12.7. The maximum atomic E-state index is 12.7. The number of nitrogens with zero attached hydrogens (tertiary/aromatic N) is 4. The second kappa shape index (κ2) is 7.27.